The number of rotatable bonds is 1. The molecule has 1 saturated carbocycles. The molecular weight excluding hydrogens is 200 g/mol. The van der Waals surface area contributed by atoms with E-state index >= 15 is 0 Å². The molecule has 16 heavy (non-hydrogen) atoms. The van der Waals surface area contributed by atoms with E-state index in [9.17, 15) is 0 Å². The first kappa shape index (κ1) is 11.3. The first-order valence-electron chi connectivity index (χ1n) is 6.24. The Balaban J connectivity index is 2.13. The van der Waals surface area contributed by atoms with Crippen LogP contribution in [0.5, 0.6) is 0 Å². The predicted octanol–water partition coefficient (Wildman–Crippen LogP) is 2.59. The number of nitrogens with zero attached hydrogens (tertiary/aromatic N) is 3. The van der Waals surface area contributed by atoms with Crippen molar-refractivity contribution in [1.29, 1.82) is 0 Å². The molecule has 0 radical (unpaired) electrons. The molecule has 1 aromatic rings. The van der Waals surface area contributed by atoms with Gasteiger partial charge in [0.15, 0.2) is 0 Å². The van der Waals surface area contributed by atoms with Crippen LogP contribution in [0.25, 0.3) is 0 Å². The van der Waals surface area contributed by atoms with Gasteiger partial charge in [-0.25, -0.2) is 4.98 Å². The fourth-order valence-electron chi connectivity index (χ4n) is 2.42. The van der Waals surface area contributed by atoms with Crippen LogP contribution in [0.3, 0.4) is 0 Å². The number of hydrogen-bond acceptors (Lipinski definition) is 4. The summed E-state index contributed by atoms with van der Waals surface area (Å²) in [6.45, 7) is 1.88. The minimum absolute atomic E-state index is 0.365. The number of nitrogens with two attached hydrogens (primary N) is 1. The normalized spacial score (nSPS) is 19.1. The third-order valence-corrected chi connectivity index (χ3v) is 3.25. The Morgan fingerprint density at radius 3 is 2.19 bits per heavy atom. The maximum atomic E-state index is 5.67. The molecule has 88 valence electrons. The zero-order valence-electron chi connectivity index (χ0n) is 9.95. The van der Waals surface area contributed by atoms with E-state index in [1.54, 1.807) is 0 Å². The van der Waals surface area contributed by atoms with Crippen molar-refractivity contribution in [2.45, 2.75) is 57.8 Å². The van der Waals surface area contributed by atoms with E-state index in [0.29, 0.717) is 11.9 Å². The van der Waals surface area contributed by atoms with Crippen LogP contribution in [-0.4, -0.2) is 15.0 Å². The summed E-state index contributed by atoms with van der Waals surface area (Å²) in [5.74, 6) is 2.50. The van der Waals surface area contributed by atoms with Crippen LogP contribution >= 0.6 is 0 Å². The van der Waals surface area contributed by atoms with Gasteiger partial charge in [0.25, 0.3) is 0 Å². The van der Waals surface area contributed by atoms with Crippen molar-refractivity contribution in [2.75, 3.05) is 5.73 Å². The smallest absolute Gasteiger partial charge is 0.223 e. The number of aryl methyl sites for hydroxylation is 1. The molecule has 0 unspecified atom stereocenters. The molecule has 2 rings (SSSR count). The molecule has 1 heterocycles. The summed E-state index contributed by atoms with van der Waals surface area (Å²) in [4.78, 5) is 12.7. The topological polar surface area (TPSA) is 64.7 Å². The van der Waals surface area contributed by atoms with Gasteiger partial charge in [0, 0.05) is 5.92 Å². The Morgan fingerprint density at radius 2 is 1.56 bits per heavy atom. The molecule has 1 fully saturated rings. The number of hydrogen-bond donors (Lipinski definition) is 1. The largest absolute Gasteiger partial charge is 0.368 e. The lowest BCUT2D eigenvalue weighted by molar-refractivity contribution is 0.441. The molecule has 1 aromatic heterocycles. The molecule has 0 aromatic carbocycles. The quantitative estimate of drug-likeness (QED) is 0.790. The van der Waals surface area contributed by atoms with E-state index in [-0.39, 0.29) is 0 Å². The second-order valence-electron chi connectivity index (χ2n) is 4.64. The van der Waals surface area contributed by atoms with Gasteiger partial charge < -0.3 is 5.73 Å². The highest BCUT2D eigenvalue weighted by atomic mass is 15.1. The summed E-state index contributed by atoms with van der Waals surface area (Å²) < 4.78 is 0. The molecule has 1 aliphatic carbocycles. The zero-order valence-corrected chi connectivity index (χ0v) is 9.95. The van der Waals surface area contributed by atoms with Gasteiger partial charge in [-0.15, -0.1) is 0 Å². The summed E-state index contributed by atoms with van der Waals surface area (Å²) in [5.41, 5.74) is 5.67. The van der Waals surface area contributed by atoms with Crippen molar-refractivity contribution in [2.24, 2.45) is 0 Å². The molecule has 4 nitrogen and oxygen atoms in total. The average molecular weight is 220 g/mol. The maximum Gasteiger partial charge on any atom is 0.223 e. The monoisotopic (exact) mass is 220 g/mol. The van der Waals surface area contributed by atoms with Crippen molar-refractivity contribution in [1.82, 2.24) is 15.0 Å². The lowest BCUT2D eigenvalue weighted by Gasteiger charge is -2.18. The maximum absolute atomic E-state index is 5.67. The summed E-state index contributed by atoms with van der Waals surface area (Å²) in [6.07, 6.45) is 9.04. The van der Waals surface area contributed by atoms with E-state index in [0.717, 1.165) is 11.6 Å². The molecule has 0 bridgehead atoms. The molecular formula is C12H20N4. The Labute approximate surface area is 96.7 Å². The summed E-state index contributed by atoms with van der Waals surface area (Å²) >= 11 is 0. The molecule has 1 aliphatic rings. The van der Waals surface area contributed by atoms with E-state index < -0.39 is 0 Å². The van der Waals surface area contributed by atoms with Gasteiger partial charge in [-0.3, -0.25) is 0 Å². The van der Waals surface area contributed by atoms with Crippen molar-refractivity contribution < 1.29 is 0 Å². The molecule has 0 spiro atoms. The first-order chi connectivity index (χ1) is 7.75. The van der Waals surface area contributed by atoms with E-state index in [2.05, 4.69) is 15.0 Å². The van der Waals surface area contributed by atoms with Gasteiger partial charge >= 0.3 is 0 Å². The van der Waals surface area contributed by atoms with Crippen LogP contribution in [0.1, 0.15) is 62.5 Å². The Morgan fingerprint density at radius 1 is 0.938 bits per heavy atom. The van der Waals surface area contributed by atoms with Gasteiger partial charge in [0.05, 0.1) is 0 Å². The fourth-order valence-corrected chi connectivity index (χ4v) is 2.42. The number of anilines is 1. The number of aromatic nitrogens is 3. The van der Waals surface area contributed by atoms with E-state index in [1.807, 2.05) is 6.92 Å². The minimum atomic E-state index is 0.365. The van der Waals surface area contributed by atoms with Crippen molar-refractivity contribution in [3.05, 3.63) is 11.6 Å². The standard InChI is InChI=1S/C12H20N4/c1-9-14-11(16-12(13)15-9)10-7-5-3-2-4-6-8-10/h10H,2-8H2,1H3,(H2,13,14,15,16). The van der Waals surface area contributed by atoms with E-state index in [4.69, 9.17) is 5.73 Å². The highest BCUT2D eigenvalue weighted by molar-refractivity contribution is 5.17. The van der Waals surface area contributed by atoms with E-state index in [1.165, 1.54) is 44.9 Å². The summed E-state index contributed by atoms with van der Waals surface area (Å²) in [6, 6.07) is 0. The van der Waals surface area contributed by atoms with Crippen LogP contribution in [0.4, 0.5) is 5.95 Å². The Kier molecular flexibility index (Phi) is 3.70. The van der Waals surface area contributed by atoms with Crippen LogP contribution in [-0.2, 0) is 0 Å². The first-order valence-corrected chi connectivity index (χ1v) is 6.24. The van der Waals surface area contributed by atoms with Crippen LogP contribution < -0.4 is 5.73 Å². The Hall–Kier alpha value is -1.19. The summed E-state index contributed by atoms with van der Waals surface area (Å²) in [7, 11) is 0. The molecule has 4 heteroatoms. The molecule has 2 N–H and O–H groups in total. The zero-order chi connectivity index (χ0) is 11.4. The second kappa shape index (κ2) is 5.23. The highest BCUT2D eigenvalue weighted by Crippen LogP contribution is 2.28. The van der Waals surface area contributed by atoms with Gasteiger partial charge in [-0.2, -0.15) is 9.97 Å². The third-order valence-electron chi connectivity index (χ3n) is 3.25. The SMILES string of the molecule is Cc1nc(N)nc(C2CCCCCCC2)n1. The minimum Gasteiger partial charge on any atom is -0.368 e. The van der Waals surface area contributed by atoms with Crippen molar-refractivity contribution in [3.63, 3.8) is 0 Å². The average Bonchev–Trinajstić information content (AvgIpc) is 2.14. The molecule has 0 atom stereocenters. The fraction of sp³-hybridized carbons (Fsp3) is 0.750. The van der Waals surface area contributed by atoms with Gasteiger partial charge in [0.1, 0.15) is 11.6 Å². The third kappa shape index (κ3) is 2.90. The van der Waals surface area contributed by atoms with Crippen LogP contribution in [0.2, 0.25) is 0 Å². The summed E-state index contributed by atoms with van der Waals surface area (Å²) in [5, 5.41) is 0. The lowest BCUT2D eigenvalue weighted by Crippen LogP contribution is -2.11. The van der Waals surface area contributed by atoms with Crippen molar-refractivity contribution in [3.8, 4) is 0 Å². The molecule has 0 saturated heterocycles. The van der Waals surface area contributed by atoms with Gasteiger partial charge in [0.2, 0.25) is 5.95 Å². The highest BCUT2D eigenvalue weighted by Gasteiger charge is 2.17. The molecule has 0 aliphatic heterocycles. The van der Waals surface area contributed by atoms with Crippen molar-refractivity contribution >= 4 is 5.95 Å². The van der Waals surface area contributed by atoms with Gasteiger partial charge in [-0.1, -0.05) is 32.1 Å². The van der Waals surface area contributed by atoms with Gasteiger partial charge in [-0.05, 0) is 19.8 Å². The number of nitrogen functional groups attached to an aromatic ring is 1. The van der Waals surface area contributed by atoms with Crippen LogP contribution in [0.15, 0.2) is 0 Å². The second-order valence-corrected chi connectivity index (χ2v) is 4.64. The Bertz CT molecular complexity index is 323. The van der Waals surface area contributed by atoms with Crippen LogP contribution in [0, 0.1) is 6.92 Å². The predicted molar refractivity (Wildman–Crippen MR) is 64.0 cm³/mol. The molecule has 0 amide bonds. The lowest BCUT2D eigenvalue weighted by atomic mass is 9.90.